The largest absolute Gasteiger partial charge is 0.496 e. The Labute approximate surface area is 122 Å². The third-order valence-electron chi connectivity index (χ3n) is 3.08. The fourth-order valence-corrected chi connectivity index (χ4v) is 2.13. The molecule has 0 radical (unpaired) electrons. The van der Waals surface area contributed by atoms with Crippen LogP contribution >= 0.6 is 0 Å². The predicted octanol–water partition coefficient (Wildman–Crippen LogP) is 3.41. The lowest BCUT2D eigenvalue weighted by molar-refractivity contribution is 0.150. The molecule has 2 N–H and O–H groups in total. The van der Waals surface area contributed by atoms with Gasteiger partial charge in [0, 0.05) is 11.1 Å². The van der Waals surface area contributed by atoms with E-state index in [-0.39, 0.29) is 6.61 Å². The maximum absolute atomic E-state index is 13.4. The molecule has 0 saturated heterocycles. The molecule has 2 rings (SSSR count). The number of rotatable bonds is 4. The van der Waals surface area contributed by atoms with E-state index in [1.165, 1.54) is 12.1 Å². The zero-order valence-corrected chi connectivity index (χ0v) is 11.9. The van der Waals surface area contributed by atoms with Crippen molar-refractivity contribution in [1.29, 1.82) is 0 Å². The Morgan fingerprint density at radius 1 is 1.19 bits per heavy atom. The zero-order chi connectivity index (χ0) is 15.4. The fraction of sp³-hybridized carbons (Fsp3) is 0.188. The molecule has 0 aliphatic heterocycles. The van der Waals surface area contributed by atoms with E-state index in [2.05, 4.69) is 0 Å². The van der Waals surface area contributed by atoms with Crippen LogP contribution < -0.4 is 10.5 Å². The minimum atomic E-state index is -0.901. The first kappa shape index (κ1) is 14.8. The van der Waals surface area contributed by atoms with E-state index in [1.54, 1.807) is 13.2 Å². The Balaban J connectivity index is 2.52. The van der Waals surface area contributed by atoms with Gasteiger partial charge in [0.2, 0.25) is 0 Å². The van der Waals surface area contributed by atoms with Gasteiger partial charge in [0.1, 0.15) is 18.2 Å². The summed E-state index contributed by atoms with van der Waals surface area (Å²) in [6.07, 6.45) is -0.901. The number of carbonyl (C=O) groups is 1. The van der Waals surface area contributed by atoms with Gasteiger partial charge in [-0.2, -0.15) is 0 Å². The SMILES string of the molecule is COc1ccc(C)cc1-c1ccc(F)cc1COC(N)=O. The summed E-state index contributed by atoms with van der Waals surface area (Å²) >= 11 is 0. The Kier molecular flexibility index (Phi) is 4.42. The lowest BCUT2D eigenvalue weighted by Gasteiger charge is -2.14. The van der Waals surface area contributed by atoms with E-state index in [0.717, 1.165) is 16.7 Å². The quantitative estimate of drug-likeness (QED) is 0.938. The topological polar surface area (TPSA) is 61.6 Å². The second-order valence-electron chi connectivity index (χ2n) is 4.61. The first-order valence-electron chi connectivity index (χ1n) is 6.37. The number of hydrogen-bond donors (Lipinski definition) is 1. The van der Waals surface area contributed by atoms with Crippen molar-refractivity contribution in [2.45, 2.75) is 13.5 Å². The van der Waals surface area contributed by atoms with Gasteiger partial charge in [0.05, 0.1) is 7.11 Å². The molecule has 2 aromatic rings. The molecule has 0 aliphatic carbocycles. The second kappa shape index (κ2) is 6.26. The average Bonchev–Trinajstić information content (AvgIpc) is 2.45. The third kappa shape index (κ3) is 3.51. The molecule has 0 spiro atoms. The lowest BCUT2D eigenvalue weighted by Crippen LogP contribution is -2.13. The maximum atomic E-state index is 13.4. The van der Waals surface area contributed by atoms with Crippen molar-refractivity contribution < 1.29 is 18.7 Å². The van der Waals surface area contributed by atoms with Crippen LogP contribution in [0.25, 0.3) is 11.1 Å². The number of benzene rings is 2. The molecular formula is C16H16FNO3. The van der Waals surface area contributed by atoms with Crippen LogP contribution in [0.3, 0.4) is 0 Å². The Morgan fingerprint density at radius 3 is 2.62 bits per heavy atom. The number of aryl methyl sites for hydroxylation is 1. The highest BCUT2D eigenvalue weighted by Crippen LogP contribution is 2.33. The molecule has 1 amide bonds. The molecule has 0 fully saturated rings. The number of methoxy groups -OCH3 is 1. The second-order valence-corrected chi connectivity index (χ2v) is 4.61. The van der Waals surface area contributed by atoms with Crippen molar-refractivity contribution in [3.05, 3.63) is 53.3 Å². The number of carbonyl (C=O) groups excluding carboxylic acids is 1. The molecule has 0 saturated carbocycles. The van der Waals surface area contributed by atoms with Gasteiger partial charge in [-0.05, 0) is 36.8 Å². The summed E-state index contributed by atoms with van der Waals surface area (Å²) in [4.78, 5) is 10.8. The number of ether oxygens (including phenoxy) is 2. The molecule has 0 atom stereocenters. The molecule has 0 aliphatic rings. The van der Waals surface area contributed by atoms with Crippen LogP contribution in [0.2, 0.25) is 0 Å². The van der Waals surface area contributed by atoms with Gasteiger partial charge in [0.15, 0.2) is 0 Å². The van der Waals surface area contributed by atoms with E-state index in [1.807, 2.05) is 25.1 Å². The summed E-state index contributed by atoms with van der Waals surface area (Å²) in [6.45, 7) is 1.85. The molecular weight excluding hydrogens is 273 g/mol. The number of nitrogens with two attached hydrogens (primary N) is 1. The number of amides is 1. The maximum Gasteiger partial charge on any atom is 0.404 e. The van der Waals surface area contributed by atoms with E-state index in [0.29, 0.717) is 11.3 Å². The first-order chi connectivity index (χ1) is 10.0. The molecule has 5 heteroatoms. The van der Waals surface area contributed by atoms with Crippen LogP contribution in [0, 0.1) is 12.7 Å². The number of primary amides is 1. The normalized spacial score (nSPS) is 10.2. The third-order valence-corrected chi connectivity index (χ3v) is 3.08. The van der Waals surface area contributed by atoms with Gasteiger partial charge in [-0.3, -0.25) is 0 Å². The highest BCUT2D eigenvalue weighted by Gasteiger charge is 2.13. The van der Waals surface area contributed by atoms with Crippen LogP contribution in [-0.2, 0) is 11.3 Å². The zero-order valence-electron chi connectivity index (χ0n) is 11.9. The van der Waals surface area contributed by atoms with Gasteiger partial charge in [-0.25, -0.2) is 9.18 Å². The molecule has 110 valence electrons. The van der Waals surface area contributed by atoms with Crippen molar-refractivity contribution in [2.24, 2.45) is 5.73 Å². The number of hydrogen-bond acceptors (Lipinski definition) is 3. The van der Waals surface area contributed by atoms with Crippen molar-refractivity contribution in [1.82, 2.24) is 0 Å². The van der Waals surface area contributed by atoms with Crippen molar-refractivity contribution >= 4 is 6.09 Å². The Bertz CT molecular complexity index is 671. The van der Waals surface area contributed by atoms with Crippen molar-refractivity contribution in [3.63, 3.8) is 0 Å². The van der Waals surface area contributed by atoms with Crippen LogP contribution in [0.1, 0.15) is 11.1 Å². The van der Waals surface area contributed by atoms with Crippen LogP contribution in [0.15, 0.2) is 36.4 Å². The van der Waals surface area contributed by atoms with Crippen molar-refractivity contribution in [2.75, 3.05) is 7.11 Å². The summed E-state index contributed by atoms with van der Waals surface area (Å²) in [5.41, 5.74) is 8.07. The molecule has 0 aromatic heterocycles. The minimum Gasteiger partial charge on any atom is -0.496 e. The Morgan fingerprint density at radius 2 is 1.95 bits per heavy atom. The van der Waals surface area contributed by atoms with E-state index >= 15 is 0 Å². The van der Waals surface area contributed by atoms with E-state index in [4.69, 9.17) is 15.2 Å². The summed E-state index contributed by atoms with van der Waals surface area (Å²) in [5.74, 6) is 0.251. The predicted molar refractivity (Wildman–Crippen MR) is 77.5 cm³/mol. The highest BCUT2D eigenvalue weighted by molar-refractivity contribution is 5.74. The molecule has 0 unspecified atom stereocenters. The van der Waals surface area contributed by atoms with Gasteiger partial charge in [0.25, 0.3) is 0 Å². The van der Waals surface area contributed by atoms with Crippen LogP contribution in [0.5, 0.6) is 5.75 Å². The fourth-order valence-electron chi connectivity index (χ4n) is 2.13. The molecule has 0 heterocycles. The molecule has 21 heavy (non-hydrogen) atoms. The Hall–Kier alpha value is -2.56. The smallest absolute Gasteiger partial charge is 0.404 e. The minimum absolute atomic E-state index is 0.0977. The standard InChI is InChI=1S/C16H16FNO3/c1-10-3-6-15(20-2)14(7-10)13-5-4-12(17)8-11(13)9-21-16(18)19/h3-8H,9H2,1-2H3,(H2,18,19). The molecule has 2 aromatic carbocycles. The monoisotopic (exact) mass is 289 g/mol. The van der Waals surface area contributed by atoms with Crippen molar-refractivity contribution in [3.8, 4) is 16.9 Å². The average molecular weight is 289 g/mol. The van der Waals surface area contributed by atoms with Gasteiger partial charge in [-0.1, -0.05) is 17.7 Å². The van der Waals surface area contributed by atoms with E-state index < -0.39 is 11.9 Å². The molecule has 4 nitrogen and oxygen atoms in total. The summed E-state index contributed by atoms with van der Waals surface area (Å²) in [6, 6.07) is 10.00. The van der Waals surface area contributed by atoms with Crippen LogP contribution in [0.4, 0.5) is 9.18 Å². The number of halogens is 1. The lowest BCUT2D eigenvalue weighted by atomic mass is 9.97. The van der Waals surface area contributed by atoms with Gasteiger partial charge < -0.3 is 15.2 Å². The van der Waals surface area contributed by atoms with E-state index in [9.17, 15) is 9.18 Å². The van der Waals surface area contributed by atoms with Gasteiger partial charge in [-0.15, -0.1) is 0 Å². The van der Waals surface area contributed by atoms with Gasteiger partial charge >= 0.3 is 6.09 Å². The summed E-state index contributed by atoms with van der Waals surface area (Å²) in [5, 5.41) is 0. The first-order valence-corrected chi connectivity index (χ1v) is 6.37. The summed E-state index contributed by atoms with van der Waals surface area (Å²) in [7, 11) is 1.57. The molecule has 0 bridgehead atoms. The summed E-state index contributed by atoms with van der Waals surface area (Å²) < 4.78 is 23.6. The highest BCUT2D eigenvalue weighted by atomic mass is 19.1. The van der Waals surface area contributed by atoms with Crippen LogP contribution in [-0.4, -0.2) is 13.2 Å².